The topological polar surface area (TPSA) is 83.8 Å². The number of nitrogens with one attached hydrogen (secondary N) is 2. The number of nitrogens with two attached hydrogens (primary N) is 1. The average molecular weight is 453 g/mol. The number of hydrogen-bond acceptors (Lipinski definition) is 4. The highest BCUT2D eigenvalue weighted by Crippen LogP contribution is 2.43. The lowest BCUT2D eigenvalue weighted by Crippen LogP contribution is -2.30. The van der Waals surface area contributed by atoms with Crippen molar-refractivity contribution in [2.45, 2.75) is 6.42 Å². The highest BCUT2D eigenvalue weighted by Gasteiger charge is 2.21. The van der Waals surface area contributed by atoms with Gasteiger partial charge in [-0.3, -0.25) is 4.79 Å². The Bertz CT molecular complexity index is 1380. The van der Waals surface area contributed by atoms with Crippen LogP contribution in [0.1, 0.15) is 5.56 Å². The van der Waals surface area contributed by atoms with E-state index < -0.39 is 0 Å². The van der Waals surface area contributed by atoms with Crippen LogP contribution in [0.15, 0.2) is 91.3 Å². The molecule has 1 amide bonds. The molecule has 0 aliphatic carbocycles. The molecule has 0 aliphatic rings. The first-order valence-electron chi connectivity index (χ1n) is 10.9. The standard InChI is InChI=1S/C27H24N4OS/c28-16-20(14-18-8-3-1-4-9-18)27(32)31-24-15-22(25(33-24)19-10-5-2-6-11-19)23-17-30-26-21(23)12-7-13-29-26/h1-13,15,17,20H,14,16,28H2,(H,29,30)(H,31,32). The molecule has 5 rings (SSSR count). The fraction of sp³-hybridized carbons (Fsp3) is 0.111. The Hall–Kier alpha value is -3.74. The van der Waals surface area contributed by atoms with E-state index in [0.29, 0.717) is 13.0 Å². The van der Waals surface area contributed by atoms with Crippen LogP contribution in [-0.4, -0.2) is 22.4 Å². The largest absolute Gasteiger partial charge is 0.346 e. The van der Waals surface area contributed by atoms with Crippen LogP contribution in [0.4, 0.5) is 5.00 Å². The molecular formula is C27H24N4OS. The number of aromatic amines is 1. The molecular weight excluding hydrogens is 428 g/mol. The molecule has 0 spiro atoms. The molecule has 0 aliphatic heterocycles. The Morgan fingerprint density at radius 1 is 1.00 bits per heavy atom. The minimum absolute atomic E-state index is 0.0608. The molecule has 1 unspecified atom stereocenters. The Morgan fingerprint density at radius 3 is 2.52 bits per heavy atom. The van der Waals surface area contributed by atoms with Crippen LogP contribution in [0, 0.1) is 5.92 Å². The van der Waals surface area contributed by atoms with Gasteiger partial charge >= 0.3 is 0 Å². The smallest absolute Gasteiger partial charge is 0.229 e. The quantitative estimate of drug-likeness (QED) is 0.295. The van der Waals surface area contributed by atoms with Gasteiger partial charge in [-0.15, -0.1) is 11.3 Å². The molecule has 6 heteroatoms. The number of nitrogens with zero attached hydrogens (tertiary/aromatic N) is 1. The summed E-state index contributed by atoms with van der Waals surface area (Å²) in [6.45, 7) is 0.290. The van der Waals surface area contributed by atoms with E-state index in [1.165, 1.54) is 0 Å². The molecule has 2 aromatic carbocycles. The highest BCUT2D eigenvalue weighted by atomic mass is 32.1. The van der Waals surface area contributed by atoms with Crippen LogP contribution in [0.2, 0.25) is 0 Å². The molecule has 33 heavy (non-hydrogen) atoms. The molecule has 4 N–H and O–H groups in total. The minimum Gasteiger partial charge on any atom is -0.346 e. The van der Waals surface area contributed by atoms with Crippen LogP contribution in [0.5, 0.6) is 0 Å². The zero-order chi connectivity index (χ0) is 22.6. The first-order valence-corrected chi connectivity index (χ1v) is 11.7. The summed E-state index contributed by atoms with van der Waals surface area (Å²) in [6, 6.07) is 26.3. The van der Waals surface area contributed by atoms with Gasteiger partial charge in [0.15, 0.2) is 0 Å². The summed E-state index contributed by atoms with van der Waals surface area (Å²) in [5.74, 6) is -0.357. The van der Waals surface area contributed by atoms with Gasteiger partial charge in [-0.25, -0.2) is 4.98 Å². The number of carbonyl (C=O) groups is 1. The van der Waals surface area contributed by atoms with E-state index in [4.69, 9.17) is 5.73 Å². The van der Waals surface area contributed by atoms with Gasteiger partial charge in [0, 0.05) is 40.3 Å². The Balaban J connectivity index is 1.49. The minimum atomic E-state index is -0.296. The molecule has 3 heterocycles. The van der Waals surface area contributed by atoms with Crippen molar-refractivity contribution in [3.63, 3.8) is 0 Å². The second-order valence-electron chi connectivity index (χ2n) is 7.93. The van der Waals surface area contributed by atoms with Crippen molar-refractivity contribution < 1.29 is 4.79 Å². The number of H-pyrrole nitrogens is 1. The predicted molar refractivity (Wildman–Crippen MR) is 136 cm³/mol. The molecule has 0 radical (unpaired) electrons. The number of anilines is 1. The summed E-state index contributed by atoms with van der Waals surface area (Å²) in [4.78, 5) is 21.9. The number of pyridine rings is 1. The van der Waals surface area contributed by atoms with Crippen molar-refractivity contribution >= 4 is 33.3 Å². The van der Waals surface area contributed by atoms with Crippen molar-refractivity contribution in [1.29, 1.82) is 0 Å². The number of amides is 1. The SMILES string of the molecule is NCC(Cc1ccccc1)C(=O)Nc1cc(-c2c[nH]c3ncccc23)c(-c2ccccc2)s1. The summed E-state index contributed by atoms with van der Waals surface area (Å²) in [5.41, 5.74) is 11.2. The highest BCUT2D eigenvalue weighted by molar-refractivity contribution is 7.20. The Morgan fingerprint density at radius 2 is 1.76 bits per heavy atom. The third-order valence-electron chi connectivity index (χ3n) is 5.74. The van der Waals surface area contributed by atoms with Crippen LogP contribution in [0.25, 0.3) is 32.6 Å². The molecule has 5 aromatic rings. The Kier molecular flexibility index (Phi) is 6.02. The van der Waals surface area contributed by atoms with Gasteiger partial charge in [-0.2, -0.15) is 0 Å². The summed E-state index contributed by atoms with van der Waals surface area (Å²) in [6.07, 6.45) is 4.37. The van der Waals surface area contributed by atoms with Gasteiger partial charge in [0.25, 0.3) is 0 Å². The summed E-state index contributed by atoms with van der Waals surface area (Å²) in [7, 11) is 0. The molecule has 0 fully saturated rings. The van der Waals surface area contributed by atoms with Crippen molar-refractivity contribution in [3.05, 3.63) is 96.8 Å². The van der Waals surface area contributed by atoms with Crippen LogP contribution in [-0.2, 0) is 11.2 Å². The van der Waals surface area contributed by atoms with Crippen LogP contribution < -0.4 is 11.1 Å². The molecule has 164 valence electrons. The number of benzene rings is 2. The lowest BCUT2D eigenvalue weighted by atomic mass is 9.98. The van der Waals surface area contributed by atoms with Crippen molar-refractivity contribution in [2.75, 3.05) is 11.9 Å². The average Bonchev–Trinajstić information content (AvgIpc) is 3.47. The normalized spacial score (nSPS) is 12.0. The summed E-state index contributed by atoms with van der Waals surface area (Å²) < 4.78 is 0. The number of fused-ring (bicyclic) bond motifs is 1. The van der Waals surface area contributed by atoms with Gasteiger partial charge in [0.2, 0.25) is 5.91 Å². The van der Waals surface area contributed by atoms with E-state index in [1.807, 2.05) is 60.8 Å². The van der Waals surface area contributed by atoms with Crippen molar-refractivity contribution in [1.82, 2.24) is 9.97 Å². The lowest BCUT2D eigenvalue weighted by molar-refractivity contribution is -0.119. The van der Waals surface area contributed by atoms with Gasteiger partial charge in [-0.05, 0) is 35.7 Å². The lowest BCUT2D eigenvalue weighted by Gasteiger charge is -2.14. The van der Waals surface area contributed by atoms with E-state index in [1.54, 1.807) is 17.5 Å². The molecule has 0 bridgehead atoms. The molecule has 0 saturated heterocycles. The van der Waals surface area contributed by atoms with E-state index in [9.17, 15) is 4.79 Å². The van der Waals surface area contributed by atoms with Gasteiger partial charge in [-0.1, -0.05) is 60.7 Å². The first kappa shape index (κ1) is 21.1. The third kappa shape index (κ3) is 4.44. The molecule has 1 atom stereocenters. The molecule has 0 saturated carbocycles. The predicted octanol–water partition coefficient (Wildman–Crippen LogP) is 5.71. The number of thiophene rings is 1. The second-order valence-corrected chi connectivity index (χ2v) is 8.99. The second kappa shape index (κ2) is 9.40. The maximum atomic E-state index is 13.1. The number of aromatic nitrogens is 2. The van der Waals surface area contributed by atoms with E-state index in [2.05, 4.69) is 39.6 Å². The van der Waals surface area contributed by atoms with Crippen molar-refractivity contribution in [2.24, 2.45) is 11.7 Å². The van der Waals surface area contributed by atoms with Crippen LogP contribution in [0.3, 0.4) is 0 Å². The number of rotatable bonds is 7. The van der Waals surface area contributed by atoms with E-state index in [0.717, 1.165) is 43.2 Å². The Labute approximate surface area is 196 Å². The number of hydrogen-bond donors (Lipinski definition) is 3. The van der Waals surface area contributed by atoms with Crippen molar-refractivity contribution in [3.8, 4) is 21.6 Å². The summed E-state index contributed by atoms with van der Waals surface area (Å²) >= 11 is 1.57. The fourth-order valence-corrected chi connectivity index (χ4v) is 5.12. The van der Waals surface area contributed by atoms with Crippen LogP contribution >= 0.6 is 11.3 Å². The van der Waals surface area contributed by atoms with E-state index in [-0.39, 0.29) is 11.8 Å². The van der Waals surface area contributed by atoms with Gasteiger partial charge in [0.1, 0.15) is 5.65 Å². The van der Waals surface area contributed by atoms with Gasteiger partial charge < -0.3 is 16.0 Å². The fourth-order valence-electron chi connectivity index (χ4n) is 4.04. The maximum Gasteiger partial charge on any atom is 0.229 e. The molecule has 5 nitrogen and oxygen atoms in total. The van der Waals surface area contributed by atoms with Gasteiger partial charge in [0.05, 0.1) is 10.9 Å². The molecule has 3 aromatic heterocycles. The number of carbonyl (C=O) groups excluding carboxylic acids is 1. The monoisotopic (exact) mass is 452 g/mol. The maximum absolute atomic E-state index is 13.1. The zero-order valence-corrected chi connectivity index (χ0v) is 18.8. The third-order valence-corrected chi connectivity index (χ3v) is 6.84. The summed E-state index contributed by atoms with van der Waals surface area (Å²) in [5, 5.41) is 4.98. The van der Waals surface area contributed by atoms with E-state index >= 15 is 0 Å². The first-order chi connectivity index (χ1) is 16.2. The zero-order valence-electron chi connectivity index (χ0n) is 18.0.